The van der Waals surface area contributed by atoms with E-state index in [1.54, 1.807) is 48.7 Å². The van der Waals surface area contributed by atoms with Crippen molar-refractivity contribution in [3.63, 3.8) is 0 Å². The zero-order valence-electron chi connectivity index (χ0n) is 16.9. The van der Waals surface area contributed by atoms with Gasteiger partial charge in [0.2, 0.25) is 5.91 Å². The maximum atomic E-state index is 12.9. The second-order valence-electron chi connectivity index (χ2n) is 7.63. The summed E-state index contributed by atoms with van der Waals surface area (Å²) in [7, 11) is -3.92. The molecule has 4 aromatic rings. The standard InChI is InChI=1S/C21H17ClN4O5S2/c22-13-4-3-12-8-19(32-18(12)9-13)33(30,31)24-15-5-7-25(20(15)27)11-14-10-16-17(2-1-6-23-16)26(14)21(28)29/h1-4,6,8-10,15,24H,5,7,11H2,(H,28,29). The van der Waals surface area contributed by atoms with E-state index in [2.05, 4.69) is 9.71 Å². The molecule has 0 bridgehead atoms. The fourth-order valence-electron chi connectivity index (χ4n) is 3.99. The van der Waals surface area contributed by atoms with Crippen LogP contribution in [0, 0.1) is 0 Å². The lowest BCUT2D eigenvalue weighted by molar-refractivity contribution is -0.129. The molecule has 0 saturated carbocycles. The zero-order chi connectivity index (χ0) is 23.3. The van der Waals surface area contributed by atoms with E-state index >= 15 is 0 Å². The van der Waals surface area contributed by atoms with Crippen LogP contribution in [-0.2, 0) is 21.4 Å². The number of nitrogens with one attached hydrogen (secondary N) is 1. The number of carboxylic acid groups (broad SMARTS) is 1. The van der Waals surface area contributed by atoms with Gasteiger partial charge in [-0.3, -0.25) is 9.78 Å². The minimum atomic E-state index is -3.92. The Labute approximate surface area is 197 Å². The summed E-state index contributed by atoms with van der Waals surface area (Å²) in [5.74, 6) is -0.405. The molecule has 1 fully saturated rings. The van der Waals surface area contributed by atoms with Gasteiger partial charge in [0.05, 0.1) is 23.3 Å². The highest BCUT2D eigenvalue weighted by atomic mass is 35.5. The van der Waals surface area contributed by atoms with Crippen LogP contribution >= 0.6 is 22.9 Å². The fraction of sp³-hybridized carbons (Fsp3) is 0.190. The molecule has 0 aliphatic carbocycles. The van der Waals surface area contributed by atoms with Gasteiger partial charge in [-0.25, -0.2) is 17.8 Å². The van der Waals surface area contributed by atoms with E-state index in [1.165, 1.54) is 4.90 Å². The molecule has 4 heterocycles. The number of amides is 1. The molecule has 33 heavy (non-hydrogen) atoms. The molecule has 3 aromatic heterocycles. The van der Waals surface area contributed by atoms with Crippen LogP contribution < -0.4 is 4.72 Å². The summed E-state index contributed by atoms with van der Waals surface area (Å²) in [5.41, 5.74) is 1.31. The van der Waals surface area contributed by atoms with Gasteiger partial charge in [0, 0.05) is 22.5 Å². The first-order chi connectivity index (χ1) is 15.7. The minimum absolute atomic E-state index is 0.0289. The lowest BCUT2D eigenvalue weighted by atomic mass is 10.3. The summed E-state index contributed by atoms with van der Waals surface area (Å²) in [4.78, 5) is 30.4. The molecule has 0 radical (unpaired) electrons. The van der Waals surface area contributed by atoms with Gasteiger partial charge in [0.15, 0.2) is 0 Å². The molecule has 1 amide bonds. The third kappa shape index (κ3) is 3.97. The molecule has 5 rings (SSSR count). The van der Waals surface area contributed by atoms with Crippen molar-refractivity contribution in [2.75, 3.05) is 6.54 Å². The van der Waals surface area contributed by atoms with Crippen molar-refractivity contribution in [1.29, 1.82) is 0 Å². The Morgan fingerprint density at radius 3 is 2.88 bits per heavy atom. The summed E-state index contributed by atoms with van der Waals surface area (Å²) in [6, 6.07) is 10.6. The van der Waals surface area contributed by atoms with Gasteiger partial charge in [0.1, 0.15) is 10.3 Å². The number of nitrogens with zero attached hydrogens (tertiary/aromatic N) is 3. The summed E-state index contributed by atoms with van der Waals surface area (Å²) in [6.07, 6.45) is 0.661. The molecule has 170 valence electrons. The van der Waals surface area contributed by atoms with Crippen LogP contribution in [0.2, 0.25) is 5.02 Å². The summed E-state index contributed by atoms with van der Waals surface area (Å²) in [5, 5.41) is 10.9. The van der Waals surface area contributed by atoms with Gasteiger partial charge in [-0.15, -0.1) is 11.3 Å². The second kappa shape index (κ2) is 8.10. The van der Waals surface area contributed by atoms with Crippen LogP contribution in [0.5, 0.6) is 0 Å². The highest BCUT2D eigenvalue weighted by Gasteiger charge is 2.36. The molecular formula is C21H17ClN4O5S2. The van der Waals surface area contributed by atoms with E-state index in [4.69, 9.17) is 11.6 Å². The summed E-state index contributed by atoms with van der Waals surface area (Å²) >= 11 is 7.07. The lowest BCUT2D eigenvalue weighted by Crippen LogP contribution is -2.41. The number of carbonyl (C=O) groups is 2. The molecule has 1 aliphatic heterocycles. The van der Waals surface area contributed by atoms with E-state index in [-0.39, 0.29) is 17.2 Å². The van der Waals surface area contributed by atoms with Gasteiger partial charge in [-0.1, -0.05) is 17.7 Å². The zero-order valence-corrected chi connectivity index (χ0v) is 19.3. The number of carbonyl (C=O) groups excluding carboxylic acids is 1. The molecule has 1 atom stereocenters. The third-order valence-electron chi connectivity index (χ3n) is 5.51. The van der Waals surface area contributed by atoms with Gasteiger partial charge in [-0.05, 0) is 48.2 Å². The largest absolute Gasteiger partial charge is 0.464 e. The Bertz CT molecular complexity index is 1530. The molecule has 12 heteroatoms. The van der Waals surface area contributed by atoms with Crippen molar-refractivity contribution in [3.8, 4) is 0 Å². The SMILES string of the molecule is O=C1C(NS(=O)(=O)c2cc3ccc(Cl)cc3s2)CCN1Cc1cc2ncccc2n1C(=O)O. The number of fused-ring (bicyclic) bond motifs is 2. The van der Waals surface area contributed by atoms with Crippen LogP contribution in [0.1, 0.15) is 12.1 Å². The van der Waals surface area contributed by atoms with Crippen LogP contribution in [0.4, 0.5) is 4.79 Å². The molecule has 1 unspecified atom stereocenters. The predicted molar refractivity (Wildman–Crippen MR) is 124 cm³/mol. The van der Waals surface area contributed by atoms with Gasteiger partial charge >= 0.3 is 6.09 Å². The van der Waals surface area contributed by atoms with E-state index in [1.807, 2.05) is 0 Å². The van der Waals surface area contributed by atoms with Crippen molar-refractivity contribution in [3.05, 3.63) is 59.4 Å². The van der Waals surface area contributed by atoms with Crippen LogP contribution in [0.3, 0.4) is 0 Å². The average molecular weight is 505 g/mol. The molecule has 1 aliphatic rings. The maximum absolute atomic E-state index is 12.9. The molecule has 0 spiro atoms. The number of thiophene rings is 1. The predicted octanol–water partition coefficient (Wildman–Crippen LogP) is 3.51. The highest BCUT2D eigenvalue weighted by Crippen LogP contribution is 2.31. The van der Waals surface area contributed by atoms with E-state index in [9.17, 15) is 23.1 Å². The van der Waals surface area contributed by atoms with Crippen LogP contribution in [0.15, 0.2) is 52.9 Å². The molecule has 9 nitrogen and oxygen atoms in total. The Balaban J connectivity index is 1.36. The second-order valence-corrected chi connectivity index (χ2v) is 11.1. The van der Waals surface area contributed by atoms with Gasteiger partial charge in [-0.2, -0.15) is 4.72 Å². The number of hydrogen-bond acceptors (Lipinski definition) is 6. The summed E-state index contributed by atoms with van der Waals surface area (Å²) < 4.78 is 30.3. The van der Waals surface area contributed by atoms with Crippen LogP contribution in [0.25, 0.3) is 21.1 Å². The number of pyridine rings is 1. The van der Waals surface area contributed by atoms with Crippen molar-refractivity contribution in [1.82, 2.24) is 19.2 Å². The maximum Gasteiger partial charge on any atom is 0.416 e. The molecule has 1 saturated heterocycles. The first-order valence-corrected chi connectivity index (χ1v) is 12.6. The van der Waals surface area contributed by atoms with E-state index < -0.39 is 28.1 Å². The van der Waals surface area contributed by atoms with Crippen molar-refractivity contribution >= 4 is 66.1 Å². The van der Waals surface area contributed by atoms with E-state index in [0.29, 0.717) is 28.3 Å². The number of aromatic nitrogens is 2. The first-order valence-electron chi connectivity index (χ1n) is 9.92. The molecular weight excluding hydrogens is 488 g/mol. The number of sulfonamides is 1. The average Bonchev–Trinajstić information content (AvgIpc) is 3.44. The number of likely N-dealkylation sites (tertiary alicyclic amines) is 1. The topological polar surface area (TPSA) is 122 Å². The number of benzene rings is 1. The quantitative estimate of drug-likeness (QED) is 0.429. The monoisotopic (exact) mass is 504 g/mol. The van der Waals surface area contributed by atoms with Crippen molar-refractivity contribution in [2.45, 2.75) is 23.2 Å². The smallest absolute Gasteiger partial charge is 0.416 e. The lowest BCUT2D eigenvalue weighted by Gasteiger charge is -2.17. The third-order valence-corrected chi connectivity index (χ3v) is 8.79. The van der Waals surface area contributed by atoms with Crippen molar-refractivity contribution < 1.29 is 23.1 Å². The highest BCUT2D eigenvalue weighted by molar-refractivity contribution is 7.91. The fourth-order valence-corrected chi connectivity index (χ4v) is 6.90. The first kappa shape index (κ1) is 21.8. The number of rotatable bonds is 5. The normalized spacial score (nSPS) is 16.8. The van der Waals surface area contributed by atoms with Crippen LogP contribution in [-0.4, -0.2) is 52.6 Å². The van der Waals surface area contributed by atoms with Gasteiger partial charge < -0.3 is 10.0 Å². The Kier molecular flexibility index (Phi) is 5.36. The molecule has 1 aromatic carbocycles. The Morgan fingerprint density at radius 2 is 2.09 bits per heavy atom. The summed E-state index contributed by atoms with van der Waals surface area (Å²) in [6.45, 7) is 0.323. The minimum Gasteiger partial charge on any atom is -0.464 e. The molecule has 2 N–H and O–H groups in total. The number of halogens is 1. The van der Waals surface area contributed by atoms with E-state index in [0.717, 1.165) is 26.0 Å². The Hall–Kier alpha value is -2.99. The van der Waals surface area contributed by atoms with Crippen molar-refractivity contribution in [2.24, 2.45) is 0 Å². The Morgan fingerprint density at radius 1 is 1.27 bits per heavy atom. The number of hydrogen-bond donors (Lipinski definition) is 2. The van der Waals surface area contributed by atoms with Gasteiger partial charge in [0.25, 0.3) is 10.0 Å².